The molecule has 4 fully saturated rings. The normalized spacial score (nSPS) is 33.7. The van der Waals surface area contributed by atoms with Crippen molar-refractivity contribution < 1.29 is 29.0 Å². The first-order chi connectivity index (χ1) is 21.1. The number of halogens is 2. The predicted molar refractivity (Wildman–Crippen MR) is 163 cm³/mol. The summed E-state index contributed by atoms with van der Waals surface area (Å²) in [6.07, 6.45) is 6.75. The Kier molecular flexibility index (Phi) is 7.09. The Hall–Kier alpha value is -3.36. The fourth-order valence-electron chi connectivity index (χ4n) is 8.41. The van der Waals surface area contributed by atoms with E-state index < -0.39 is 45.2 Å². The van der Waals surface area contributed by atoms with Gasteiger partial charge in [0.25, 0.3) is 11.8 Å². The van der Waals surface area contributed by atoms with Crippen LogP contribution in [0.4, 0.5) is 0 Å². The van der Waals surface area contributed by atoms with Gasteiger partial charge in [0.2, 0.25) is 11.8 Å². The molecule has 230 valence electrons. The highest BCUT2D eigenvalue weighted by Gasteiger charge is 2.76. The van der Waals surface area contributed by atoms with Gasteiger partial charge in [-0.1, -0.05) is 67.3 Å². The van der Waals surface area contributed by atoms with E-state index in [2.05, 4.69) is 0 Å². The molecule has 3 aliphatic carbocycles. The number of rotatable bonds is 5. The summed E-state index contributed by atoms with van der Waals surface area (Å²) in [6, 6.07) is 14.3. The lowest BCUT2D eigenvalue weighted by Gasteiger charge is -2.50. The van der Waals surface area contributed by atoms with Crippen LogP contribution in [0.1, 0.15) is 62.0 Å². The van der Waals surface area contributed by atoms with Crippen LogP contribution in [-0.2, 0) is 25.8 Å². The third kappa shape index (κ3) is 4.09. The lowest BCUT2D eigenvalue weighted by atomic mass is 9.56. The van der Waals surface area contributed by atoms with Crippen LogP contribution in [0.5, 0.6) is 11.5 Å². The quantitative estimate of drug-likeness (QED) is 0.272. The van der Waals surface area contributed by atoms with E-state index in [4.69, 9.17) is 27.9 Å². The van der Waals surface area contributed by atoms with E-state index in [0.29, 0.717) is 23.3 Å². The Morgan fingerprint density at radius 3 is 2.36 bits per heavy atom. The zero-order chi connectivity index (χ0) is 31.0. The van der Waals surface area contributed by atoms with E-state index in [-0.39, 0.29) is 36.6 Å². The van der Waals surface area contributed by atoms with Crippen molar-refractivity contribution in [2.45, 2.75) is 73.3 Å². The molecule has 0 radical (unpaired) electrons. The number of carbonyl (C=O) groups excluding carboxylic acids is 4. The second-order valence-corrected chi connectivity index (χ2v) is 14.1. The highest BCUT2D eigenvalue weighted by Crippen LogP contribution is 2.66. The molecule has 7 rings (SSSR count). The van der Waals surface area contributed by atoms with Crippen LogP contribution in [0, 0.1) is 17.8 Å². The van der Waals surface area contributed by atoms with Gasteiger partial charge in [0.15, 0.2) is 9.75 Å². The third-order valence-electron chi connectivity index (χ3n) is 10.5. The Labute approximate surface area is 265 Å². The molecule has 0 aromatic heterocycles. The molecule has 2 aromatic carbocycles. The van der Waals surface area contributed by atoms with Gasteiger partial charge in [0.1, 0.15) is 18.1 Å². The van der Waals surface area contributed by atoms with Gasteiger partial charge < -0.3 is 9.84 Å². The Bertz CT molecular complexity index is 1590. The number of likely N-dealkylation sites (tertiary alicyclic amines) is 2. The van der Waals surface area contributed by atoms with E-state index in [1.165, 1.54) is 18.0 Å². The van der Waals surface area contributed by atoms with Crippen LogP contribution >= 0.6 is 23.2 Å². The molecule has 0 unspecified atom stereocenters. The number of nitrogens with zero attached hydrogens (tertiary/aromatic N) is 2. The van der Waals surface area contributed by atoms with Crippen LogP contribution < -0.4 is 4.74 Å². The van der Waals surface area contributed by atoms with Gasteiger partial charge in [0.05, 0.1) is 11.8 Å². The van der Waals surface area contributed by atoms with Gasteiger partial charge in [-0.05, 0) is 43.2 Å². The van der Waals surface area contributed by atoms with Gasteiger partial charge >= 0.3 is 0 Å². The van der Waals surface area contributed by atoms with Gasteiger partial charge in [-0.15, -0.1) is 23.2 Å². The molecular weight excluding hydrogens is 603 g/mol. The molecular formula is C34H34Cl2N2O6. The molecule has 0 spiro atoms. The summed E-state index contributed by atoms with van der Waals surface area (Å²) < 4.78 is 5.91. The summed E-state index contributed by atoms with van der Waals surface area (Å²) in [5, 5.41) is 11.4. The first-order valence-corrected chi connectivity index (χ1v) is 16.1. The number of alkyl halides is 2. The van der Waals surface area contributed by atoms with Crippen molar-refractivity contribution in [1.82, 2.24) is 9.80 Å². The number of allylic oxidation sites excluding steroid dienone is 2. The van der Waals surface area contributed by atoms with Crippen molar-refractivity contribution in [2.75, 3.05) is 7.05 Å². The van der Waals surface area contributed by atoms with Crippen LogP contribution in [0.25, 0.3) is 0 Å². The highest BCUT2D eigenvalue weighted by molar-refractivity contribution is 6.53. The number of benzene rings is 2. The minimum Gasteiger partial charge on any atom is -0.508 e. The fraction of sp³-hybridized carbons (Fsp3) is 0.471. The van der Waals surface area contributed by atoms with Gasteiger partial charge in [-0.25, -0.2) is 0 Å². The number of amides is 4. The summed E-state index contributed by atoms with van der Waals surface area (Å²) in [7, 11) is 1.35. The van der Waals surface area contributed by atoms with Crippen LogP contribution in [0.3, 0.4) is 0 Å². The molecule has 2 saturated heterocycles. The molecule has 0 bridgehead atoms. The second-order valence-electron chi connectivity index (χ2n) is 12.8. The van der Waals surface area contributed by atoms with E-state index >= 15 is 0 Å². The van der Waals surface area contributed by atoms with Crippen molar-refractivity contribution in [3.63, 3.8) is 0 Å². The van der Waals surface area contributed by atoms with Crippen LogP contribution in [0.2, 0.25) is 0 Å². The molecule has 8 nitrogen and oxygen atoms in total. The molecule has 2 aliphatic heterocycles. The highest BCUT2D eigenvalue weighted by atomic mass is 35.5. The smallest absolute Gasteiger partial charge is 0.253 e. The number of phenolic OH excluding ortho intramolecular Hbond substituents is 1. The Balaban J connectivity index is 1.29. The monoisotopic (exact) mass is 636 g/mol. The van der Waals surface area contributed by atoms with Crippen LogP contribution in [0.15, 0.2) is 60.2 Å². The number of imide groups is 2. The average Bonchev–Trinajstić information content (AvgIpc) is 3.36. The Morgan fingerprint density at radius 2 is 1.66 bits per heavy atom. The van der Waals surface area contributed by atoms with Gasteiger partial charge in [-0.2, -0.15) is 0 Å². The zero-order valence-corrected chi connectivity index (χ0v) is 25.9. The van der Waals surface area contributed by atoms with Crippen molar-refractivity contribution >= 4 is 46.8 Å². The van der Waals surface area contributed by atoms with E-state index in [9.17, 15) is 24.3 Å². The number of carbonyl (C=O) groups is 4. The predicted octanol–water partition coefficient (Wildman–Crippen LogP) is 5.29. The average molecular weight is 638 g/mol. The maximum absolute atomic E-state index is 14.1. The Morgan fingerprint density at radius 1 is 0.932 bits per heavy atom. The van der Waals surface area contributed by atoms with E-state index in [1.54, 1.807) is 12.1 Å². The topological polar surface area (TPSA) is 104 Å². The largest absolute Gasteiger partial charge is 0.508 e. The fourth-order valence-corrected chi connectivity index (χ4v) is 9.42. The van der Waals surface area contributed by atoms with Gasteiger partial charge in [0, 0.05) is 30.6 Å². The number of phenols is 1. The molecule has 2 heterocycles. The molecule has 5 aliphatic rings. The van der Waals surface area contributed by atoms with E-state index in [0.717, 1.165) is 42.6 Å². The van der Waals surface area contributed by atoms with Crippen molar-refractivity contribution in [3.8, 4) is 11.5 Å². The minimum absolute atomic E-state index is 0.0625. The summed E-state index contributed by atoms with van der Waals surface area (Å²) in [4.78, 5) is 53.9. The number of hydrogen-bond acceptors (Lipinski definition) is 6. The number of ether oxygens (including phenoxy) is 1. The molecule has 1 N–H and O–H groups in total. The molecule has 4 amide bonds. The number of hydrogen-bond donors (Lipinski definition) is 1. The molecule has 10 heteroatoms. The maximum atomic E-state index is 14.1. The maximum Gasteiger partial charge on any atom is 0.253 e. The second kappa shape index (κ2) is 10.6. The van der Waals surface area contributed by atoms with Gasteiger partial charge in [-0.3, -0.25) is 29.0 Å². The summed E-state index contributed by atoms with van der Waals surface area (Å²) in [5.74, 6) is -4.37. The van der Waals surface area contributed by atoms with Crippen molar-refractivity contribution in [1.29, 1.82) is 0 Å². The summed E-state index contributed by atoms with van der Waals surface area (Å²) in [5.41, 5.74) is 1.92. The van der Waals surface area contributed by atoms with Crippen molar-refractivity contribution in [2.24, 2.45) is 17.8 Å². The van der Waals surface area contributed by atoms with Crippen LogP contribution in [-0.4, -0.2) is 61.4 Å². The van der Waals surface area contributed by atoms with Crippen molar-refractivity contribution in [3.05, 3.63) is 71.3 Å². The molecule has 6 atom stereocenters. The van der Waals surface area contributed by atoms with E-state index in [1.807, 2.05) is 36.4 Å². The lowest BCUT2D eigenvalue weighted by molar-refractivity contribution is -0.144. The third-order valence-corrected chi connectivity index (χ3v) is 12.0. The molecule has 2 saturated carbocycles. The summed E-state index contributed by atoms with van der Waals surface area (Å²) in [6.45, 7) is 0.287. The zero-order valence-electron chi connectivity index (χ0n) is 24.4. The number of fused-ring (bicyclic) bond motifs is 4. The summed E-state index contributed by atoms with van der Waals surface area (Å²) >= 11 is 14.5. The first-order valence-electron chi connectivity index (χ1n) is 15.3. The molecule has 2 aromatic rings. The lowest BCUT2D eigenvalue weighted by Crippen LogP contribution is -2.60. The standard InChI is InChI=1S/C34H34Cl2N2O6/c1-37-31(42)33(35)17-25-22(14-15-24-27(25)30(41)38(29(24)40)20-10-6-3-7-11-20)28(34(33,36)32(37)43)23-13-12-21(16-26(23)39)44-18-19-8-4-2-5-9-19/h2,4-5,8-9,12-14,16,20,24-25,27-28,39H,3,6-7,10-11,15,17-18H2,1H3/t24-,25+,27-,28+,33+,34-/m0/s1. The number of aromatic hydroxyl groups is 1. The first kappa shape index (κ1) is 29.4. The molecule has 44 heavy (non-hydrogen) atoms. The minimum atomic E-state index is -1.95. The SMILES string of the molecule is CN1C(=O)[C@]2(Cl)C[C@@H]3C(=CC[C@@H]4C(=O)N(C5CCCCC5)C(=O)[C@@H]43)[C@H](c3ccc(OCc4ccccc4)cc3O)[C@]2(Cl)C1=O.